The van der Waals surface area contributed by atoms with Gasteiger partial charge in [-0.1, -0.05) is 138 Å². The lowest BCUT2D eigenvalue weighted by Gasteiger charge is -2.27. The highest BCUT2D eigenvalue weighted by atomic mass is 32.2. The average molecular weight is 1570 g/mol. The number of aliphatic imine (C=N–C) groups is 2. The number of aryl methyl sites for hydroxylation is 3. The zero-order valence-electron chi connectivity index (χ0n) is 66.7. The lowest BCUT2D eigenvalue weighted by molar-refractivity contribution is -0.137. The number of methoxy groups -OCH3 is 1. The van der Waals surface area contributed by atoms with E-state index in [0.717, 1.165) is 113 Å². The molecule has 111 heavy (non-hydrogen) atoms. The molecule has 0 saturated carbocycles. The van der Waals surface area contributed by atoms with Gasteiger partial charge in [0.25, 0.3) is 0 Å². The average Bonchev–Trinajstić information content (AvgIpc) is 1.44. The van der Waals surface area contributed by atoms with E-state index in [2.05, 4.69) is 115 Å². The van der Waals surface area contributed by atoms with Gasteiger partial charge < -0.3 is 35.0 Å². The zero-order valence-corrected chi connectivity index (χ0v) is 68.3. The number of morpholine rings is 1. The number of carbonyl (C=O) groups is 5. The molecular weight excluding hydrogens is 1460 g/mol. The van der Waals surface area contributed by atoms with E-state index in [1.165, 1.54) is 75.1 Å². The van der Waals surface area contributed by atoms with Gasteiger partial charge in [-0.05, 0) is 162 Å². The van der Waals surface area contributed by atoms with Crippen molar-refractivity contribution in [1.29, 1.82) is 0 Å². The highest BCUT2D eigenvalue weighted by Gasteiger charge is 2.31. The molecule has 23 nitrogen and oxygen atoms in total. The Hall–Kier alpha value is -10.7. The van der Waals surface area contributed by atoms with Gasteiger partial charge in [0, 0.05) is 81.2 Å². The smallest absolute Gasteiger partial charge is 0.416 e. The summed E-state index contributed by atoms with van der Waals surface area (Å²) in [4.78, 5) is 82.1. The van der Waals surface area contributed by atoms with Gasteiger partial charge in [0.15, 0.2) is 17.3 Å². The van der Waals surface area contributed by atoms with Crippen LogP contribution in [0.25, 0.3) is 22.4 Å². The van der Waals surface area contributed by atoms with Gasteiger partial charge in [0.1, 0.15) is 23.7 Å². The number of anilines is 2. The topological polar surface area (TPSA) is 306 Å². The van der Waals surface area contributed by atoms with Crippen molar-refractivity contribution in [3.63, 3.8) is 0 Å². The highest BCUT2D eigenvalue weighted by Crippen LogP contribution is 2.40. The maximum absolute atomic E-state index is 12.3. The first kappa shape index (κ1) is 94.5. The molecule has 3 amide bonds. The number of H-pyrrole nitrogens is 1. The van der Waals surface area contributed by atoms with Crippen LogP contribution in [-0.2, 0) is 46.2 Å². The Bertz CT molecular complexity index is 4430. The van der Waals surface area contributed by atoms with Crippen molar-refractivity contribution in [2.24, 2.45) is 9.98 Å². The van der Waals surface area contributed by atoms with E-state index in [1.807, 2.05) is 141 Å². The Balaban J connectivity index is 0.000000332. The number of thiazole rings is 1. The fraction of sp³-hybridized carbons (Fsp3) is 0.373. The Labute approximate surface area is 655 Å². The van der Waals surface area contributed by atoms with Crippen molar-refractivity contribution in [2.45, 2.75) is 126 Å². The van der Waals surface area contributed by atoms with Crippen molar-refractivity contribution in [2.75, 3.05) is 90.0 Å². The number of alkyl halides is 3. The molecule has 0 unspecified atom stereocenters. The third-order valence-electron chi connectivity index (χ3n) is 15.3. The number of rotatable bonds is 13. The number of aromatic hydroxyl groups is 1. The number of aromatic nitrogens is 6. The second-order valence-electron chi connectivity index (χ2n) is 27.5. The normalized spacial score (nSPS) is 12.7. The van der Waals surface area contributed by atoms with Crippen LogP contribution in [0.1, 0.15) is 154 Å². The van der Waals surface area contributed by atoms with E-state index in [0.29, 0.717) is 11.4 Å². The number of phenolic OH excluding ortho intramolecular Hbond substituents is 1. The first-order valence-electron chi connectivity index (χ1n) is 35.7. The van der Waals surface area contributed by atoms with Crippen molar-refractivity contribution >= 4 is 97.1 Å². The molecule has 6 aromatic carbocycles. The molecule has 0 bridgehead atoms. The third kappa shape index (κ3) is 41.1. The van der Waals surface area contributed by atoms with E-state index in [1.54, 1.807) is 56.9 Å². The minimum atomic E-state index is -4.40. The number of aromatic amines is 1. The molecule has 0 atom stereocenters. The van der Waals surface area contributed by atoms with E-state index in [4.69, 9.17) is 9.47 Å². The minimum absolute atomic E-state index is 0.0390. The number of nitrogens with zero attached hydrogens (tertiary/aromatic N) is 9. The molecule has 5 N–H and O–H groups in total. The number of hydrogen-bond donors (Lipinski definition) is 5. The molecule has 28 heteroatoms. The number of phenols is 1. The number of nitrogens with one attached hydrogen (secondary N) is 4. The zero-order chi connectivity index (χ0) is 82.7. The van der Waals surface area contributed by atoms with Gasteiger partial charge in [-0.2, -0.15) is 18.3 Å². The van der Waals surface area contributed by atoms with Gasteiger partial charge in [-0.3, -0.25) is 39.0 Å². The van der Waals surface area contributed by atoms with E-state index in [9.17, 15) is 50.7 Å². The summed E-state index contributed by atoms with van der Waals surface area (Å²) >= 11 is 1.74. The monoisotopic (exact) mass is 1570 g/mol. The fourth-order valence-electron chi connectivity index (χ4n) is 9.42. The number of amides is 3. The van der Waals surface area contributed by atoms with Gasteiger partial charge in [0.2, 0.25) is 21.9 Å². The number of para-hydroxylation sites is 1. The standard InChI is InChI=1S/C18H27NO2.C14H15N3O3S.C11H13NO.C9H9F3N2O.C8H7NS.C8H8O.C7H13NO.C5H11NO.C3H5N3/c1-12(20)10-19-11-13-8-14(17(2,3)4)16(21)15(9-13)18(5,6)7;1-20-13-7-4-11(5-8-13)3-6-12-9-10-15-14(16-12)17-21(2,18)19;1-9-3-5-11(6-4-9)8-12-7-10(2)13;1-13-8(15)14-7-4-2-3-6(5-7)9(10,11)12;1-6-9-7-4-2-3-5-8(7)10-6;2*1-7(9)8-5-3-2-4-6-8;1-6-2-4-7-5-3-6;1-3-4-2-5-6-3/h8-9,11,21H,10H2,1-7H3;3-10H,1-2H3,(H,15,16,17);3-6,8H,7H2,1-2H3;2-5H,1H3,(H2,13,14,15);2-5H,1H3;2-6H,1H3;2-6H2,1H3;2-5H2,1H3;2H,1H3,(H,4,5,6)/b;6-3+;;;;;;;. The SMILES string of the molecule is CC(=O)CN=Cc1cc(C(C)(C)C)c(O)c(C(C)(C)C)c1.CC(=O)CN=Cc1ccc(C)cc1.CC(=O)N1CCCCC1.CC(=O)c1ccccc1.CN1CCOCC1.CNC(=O)Nc1cccc(C(F)(F)F)c1.COc1ccc(/C=C/c2ccnc(NS(C)(=O)=O)n2)cc1.Cc1nc2ccccc2s1.Cc1ncn[nH]1. The Kier molecular flexibility index (Phi) is 41.5. The van der Waals surface area contributed by atoms with Gasteiger partial charge >= 0.3 is 12.2 Å². The number of piperidine rings is 1. The Morgan fingerprint density at radius 3 is 1.70 bits per heavy atom. The summed E-state index contributed by atoms with van der Waals surface area (Å²) in [7, 11) is 1.72. The Morgan fingerprint density at radius 1 is 0.685 bits per heavy atom. The third-order valence-corrected chi connectivity index (χ3v) is 16.8. The number of carbonyl (C=O) groups excluding carboxylic acids is 5. The van der Waals surface area contributed by atoms with Crippen molar-refractivity contribution < 1.29 is 60.1 Å². The van der Waals surface area contributed by atoms with Crippen LogP contribution in [0, 0.1) is 20.8 Å². The van der Waals surface area contributed by atoms with Crippen molar-refractivity contribution in [1.82, 2.24) is 45.2 Å². The maximum Gasteiger partial charge on any atom is 0.416 e. The second kappa shape index (κ2) is 48.8. The van der Waals surface area contributed by atoms with E-state index in [-0.39, 0.29) is 58.8 Å². The Morgan fingerprint density at radius 2 is 1.25 bits per heavy atom. The highest BCUT2D eigenvalue weighted by molar-refractivity contribution is 7.92. The van der Waals surface area contributed by atoms with Crippen molar-refractivity contribution in [3.05, 3.63) is 219 Å². The number of hydrogen-bond acceptors (Lipinski definition) is 19. The summed E-state index contributed by atoms with van der Waals surface area (Å²) in [5.74, 6) is 2.53. The number of ketones is 3. The van der Waals surface area contributed by atoms with Gasteiger partial charge in [-0.25, -0.2) is 33.1 Å². The molecule has 5 heterocycles. The molecule has 2 fully saturated rings. The first-order valence-corrected chi connectivity index (χ1v) is 38.4. The molecule has 11 rings (SSSR count). The van der Waals surface area contributed by atoms with E-state index < -0.39 is 27.8 Å². The van der Waals surface area contributed by atoms with Crippen LogP contribution in [0.4, 0.5) is 29.6 Å². The lowest BCUT2D eigenvalue weighted by atomic mass is 9.78. The van der Waals surface area contributed by atoms with Crippen LogP contribution < -0.4 is 20.1 Å². The number of ether oxygens (including phenoxy) is 2. The summed E-state index contributed by atoms with van der Waals surface area (Å²) in [5, 5.41) is 22.5. The molecule has 0 radical (unpaired) electrons. The maximum atomic E-state index is 12.3. The predicted octanol–water partition coefficient (Wildman–Crippen LogP) is 16.1. The summed E-state index contributed by atoms with van der Waals surface area (Å²) in [6.45, 7) is 31.1. The summed E-state index contributed by atoms with van der Waals surface area (Å²) in [6, 6.07) is 42.4. The fourth-order valence-corrected chi connectivity index (χ4v) is 10.7. The number of urea groups is 1. The number of halogens is 3. The van der Waals surface area contributed by atoms with Crippen LogP contribution in [0.3, 0.4) is 0 Å². The van der Waals surface area contributed by atoms with Gasteiger partial charge in [0.05, 0.1) is 66.2 Å². The summed E-state index contributed by atoms with van der Waals surface area (Å²) in [6.07, 6.45) is 10.4. The number of likely N-dealkylation sites (tertiary alicyclic amines) is 1. The van der Waals surface area contributed by atoms with E-state index >= 15 is 0 Å². The van der Waals surface area contributed by atoms with Crippen LogP contribution in [-0.4, -0.2) is 175 Å². The van der Waals surface area contributed by atoms with Crippen molar-refractivity contribution in [3.8, 4) is 11.5 Å². The molecule has 2 saturated heterocycles. The predicted molar refractivity (Wildman–Crippen MR) is 441 cm³/mol. The number of benzene rings is 6. The number of likely N-dealkylation sites (N-methyl/N-ethyl adjacent to an activating group) is 1. The van der Waals surface area contributed by atoms with Crippen LogP contribution in [0.5, 0.6) is 11.5 Å². The summed E-state index contributed by atoms with van der Waals surface area (Å²) in [5.41, 5.74) is 7.45. The number of fused-ring (bicyclic) bond motifs is 1. The van der Waals surface area contributed by atoms with Crippen LogP contribution in [0.2, 0.25) is 0 Å². The molecule has 598 valence electrons. The van der Waals surface area contributed by atoms with Crippen LogP contribution >= 0.6 is 11.3 Å². The molecule has 0 aliphatic carbocycles. The molecular formula is C83H108F3N13O10S2. The molecule has 2 aliphatic heterocycles. The quantitative estimate of drug-likeness (QED) is 0.0529. The molecule has 2 aliphatic rings. The molecule has 3 aromatic heterocycles. The molecule has 9 aromatic rings. The summed E-state index contributed by atoms with van der Waals surface area (Å²) < 4.78 is 72.7. The van der Waals surface area contributed by atoms with Gasteiger partial charge in [-0.15, -0.1) is 11.3 Å². The lowest BCUT2D eigenvalue weighted by Crippen LogP contribution is -2.33. The molecule has 0 spiro atoms. The number of Topliss-reactive ketones (excluding diaryl/α,β-unsaturated/α-hetero) is 3. The second-order valence-corrected chi connectivity index (χ2v) is 30.4. The largest absolute Gasteiger partial charge is 0.507 e. The van der Waals surface area contributed by atoms with Crippen LogP contribution in [0.15, 0.2) is 168 Å². The minimum Gasteiger partial charge on any atom is -0.507 e. The number of sulfonamides is 1. The first-order chi connectivity index (χ1) is 52.3.